The van der Waals surface area contributed by atoms with Crippen LogP contribution in [0.25, 0.3) is 11.1 Å². The number of benzene rings is 2. The van der Waals surface area contributed by atoms with E-state index in [0.29, 0.717) is 13.0 Å². The molecule has 2 aromatic carbocycles. The lowest BCUT2D eigenvalue weighted by Gasteiger charge is -2.42. The van der Waals surface area contributed by atoms with E-state index in [-0.39, 0.29) is 24.9 Å². The van der Waals surface area contributed by atoms with Crippen LogP contribution in [-0.4, -0.2) is 76.2 Å². The number of carbonyl (C=O) groups is 2. The first-order chi connectivity index (χ1) is 15.8. The lowest BCUT2D eigenvalue weighted by Crippen LogP contribution is -2.61. The number of nitrogens with zero attached hydrogens (tertiary/aromatic N) is 3. The summed E-state index contributed by atoms with van der Waals surface area (Å²) in [6.07, 6.45) is 0.305. The van der Waals surface area contributed by atoms with E-state index in [4.69, 9.17) is 4.74 Å². The van der Waals surface area contributed by atoms with Crippen molar-refractivity contribution in [3.8, 4) is 11.1 Å². The van der Waals surface area contributed by atoms with E-state index < -0.39 is 17.2 Å². The zero-order chi connectivity index (χ0) is 23.6. The van der Waals surface area contributed by atoms with E-state index in [1.165, 1.54) is 15.4 Å². The van der Waals surface area contributed by atoms with Crippen molar-refractivity contribution in [3.05, 3.63) is 76.0 Å². The van der Waals surface area contributed by atoms with Crippen molar-refractivity contribution in [1.82, 2.24) is 25.0 Å². The van der Waals surface area contributed by atoms with E-state index in [1.807, 2.05) is 30.3 Å². The number of morpholine rings is 1. The second kappa shape index (κ2) is 9.03. The standard InChI is InChI=1S/C24H27N5O4/c1-16-5-4-6-19(13-16)18-9-7-17(8-10-18)14-24(22(31)28(2)3)15-29(11-12-33-24)21(30)20-25-23(32)27-26-20/h4-10,13H,11-12,14-15H2,1-3H3,(H2,25,26,27,32)/t24-/m1/s1. The van der Waals surface area contributed by atoms with Crippen LogP contribution >= 0.6 is 0 Å². The minimum absolute atomic E-state index is 0.0529. The molecule has 0 unspecified atom stereocenters. The number of ether oxygens (including phenoxy) is 1. The molecule has 0 spiro atoms. The third kappa shape index (κ3) is 4.73. The second-order valence-corrected chi connectivity index (χ2v) is 8.54. The fourth-order valence-corrected chi connectivity index (χ4v) is 4.17. The maximum absolute atomic E-state index is 13.2. The van der Waals surface area contributed by atoms with Gasteiger partial charge in [0.05, 0.1) is 13.2 Å². The van der Waals surface area contributed by atoms with Gasteiger partial charge in [0.25, 0.3) is 11.8 Å². The Bertz CT molecular complexity index is 1210. The van der Waals surface area contributed by atoms with E-state index in [0.717, 1.165) is 16.7 Å². The molecule has 1 aliphatic heterocycles. The number of likely N-dealkylation sites (N-methyl/N-ethyl adjacent to an activating group) is 1. The van der Waals surface area contributed by atoms with Gasteiger partial charge in [0.1, 0.15) is 0 Å². The van der Waals surface area contributed by atoms with Crippen LogP contribution in [0, 0.1) is 6.92 Å². The molecule has 1 fully saturated rings. The molecule has 0 radical (unpaired) electrons. The van der Waals surface area contributed by atoms with Crippen LogP contribution in [0.15, 0.2) is 53.3 Å². The highest BCUT2D eigenvalue weighted by atomic mass is 16.5. The summed E-state index contributed by atoms with van der Waals surface area (Å²) in [4.78, 5) is 42.8. The molecule has 1 aliphatic rings. The summed E-state index contributed by atoms with van der Waals surface area (Å²) < 4.78 is 6.06. The lowest BCUT2D eigenvalue weighted by molar-refractivity contribution is -0.165. The highest BCUT2D eigenvalue weighted by molar-refractivity contribution is 5.92. The molecule has 33 heavy (non-hydrogen) atoms. The number of aromatic nitrogens is 3. The Balaban J connectivity index is 1.60. The van der Waals surface area contributed by atoms with Crippen molar-refractivity contribution in [2.45, 2.75) is 18.9 Å². The number of aromatic amines is 2. The minimum atomic E-state index is -1.24. The van der Waals surface area contributed by atoms with E-state index in [1.54, 1.807) is 14.1 Å². The Kier molecular flexibility index (Phi) is 6.15. The fourth-order valence-electron chi connectivity index (χ4n) is 4.17. The van der Waals surface area contributed by atoms with Crippen LogP contribution in [0.5, 0.6) is 0 Å². The quantitative estimate of drug-likeness (QED) is 0.615. The van der Waals surface area contributed by atoms with Crippen LogP contribution in [0.4, 0.5) is 0 Å². The van der Waals surface area contributed by atoms with Gasteiger partial charge in [-0.1, -0.05) is 54.1 Å². The molecule has 9 nitrogen and oxygen atoms in total. The maximum atomic E-state index is 13.2. The lowest BCUT2D eigenvalue weighted by atomic mass is 9.90. The van der Waals surface area contributed by atoms with Crippen LogP contribution in [0.2, 0.25) is 0 Å². The number of hydrogen-bond acceptors (Lipinski definition) is 5. The molecule has 2 N–H and O–H groups in total. The average molecular weight is 450 g/mol. The van der Waals surface area contributed by atoms with Gasteiger partial charge in [0.15, 0.2) is 5.60 Å². The van der Waals surface area contributed by atoms with Gasteiger partial charge in [-0.15, -0.1) is 5.10 Å². The van der Waals surface area contributed by atoms with Gasteiger partial charge in [-0.05, 0) is 23.6 Å². The number of nitrogens with one attached hydrogen (secondary N) is 2. The Morgan fingerprint density at radius 2 is 1.91 bits per heavy atom. The fraction of sp³-hybridized carbons (Fsp3) is 0.333. The molecular formula is C24H27N5O4. The van der Waals surface area contributed by atoms with Crippen LogP contribution in [0.1, 0.15) is 21.7 Å². The molecule has 0 saturated carbocycles. The summed E-state index contributed by atoms with van der Waals surface area (Å²) in [6, 6.07) is 16.3. The van der Waals surface area contributed by atoms with Crippen LogP contribution < -0.4 is 5.69 Å². The SMILES string of the molecule is Cc1cccc(-c2ccc(C[C@]3(C(=O)N(C)C)CN(C(=O)c4n[nH]c(=O)[nH]4)CCO3)cc2)c1. The monoisotopic (exact) mass is 449 g/mol. The van der Waals surface area contributed by atoms with Gasteiger partial charge in [-0.3, -0.25) is 14.6 Å². The smallest absolute Gasteiger partial charge is 0.341 e. The normalized spacial score (nSPS) is 18.2. The first-order valence-electron chi connectivity index (χ1n) is 10.7. The van der Waals surface area contributed by atoms with Crippen molar-refractivity contribution in [2.75, 3.05) is 33.8 Å². The highest BCUT2D eigenvalue weighted by Crippen LogP contribution is 2.28. The zero-order valence-corrected chi connectivity index (χ0v) is 18.9. The molecule has 1 saturated heterocycles. The zero-order valence-electron chi connectivity index (χ0n) is 18.9. The van der Waals surface area contributed by atoms with Crippen LogP contribution in [0.3, 0.4) is 0 Å². The number of hydrogen-bond donors (Lipinski definition) is 2. The molecule has 2 heterocycles. The Morgan fingerprint density at radius 1 is 1.15 bits per heavy atom. The summed E-state index contributed by atoms with van der Waals surface area (Å²) in [5, 5.41) is 5.92. The summed E-state index contributed by atoms with van der Waals surface area (Å²) in [6.45, 7) is 2.60. The molecule has 3 aromatic rings. The third-order valence-electron chi connectivity index (χ3n) is 5.77. The van der Waals surface area contributed by atoms with E-state index in [9.17, 15) is 14.4 Å². The summed E-state index contributed by atoms with van der Waals surface area (Å²) >= 11 is 0. The van der Waals surface area contributed by atoms with Crippen molar-refractivity contribution < 1.29 is 14.3 Å². The molecule has 1 atom stereocenters. The van der Waals surface area contributed by atoms with Crippen molar-refractivity contribution in [3.63, 3.8) is 0 Å². The van der Waals surface area contributed by atoms with Crippen molar-refractivity contribution in [2.24, 2.45) is 0 Å². The predicted octanol–water partition coefficient (Wildman–Crippen LogP) is 1.62. The largest absolute Gasteiger partial charge is 0.361 e. The molecule has 0 bridgehead atoms. The molecule has 1 aromatic heterocycles. The first-order valence-corrected chi connectivity index (χ1v) is 10.7. The average Bonchev–Trinajstić information content (AvgIpc) is 3.25. The number of amides is 2. The number of H-pyrrole nitrogens is 2. The Morgan fingerprint density at radius 3 is 2.55 bits per heavy atom. The molecule has 0 aliphatic carbocycles. The molecule has 4 rings (SSSR count). The van der Waals surface area contributed by atoms with Gasteiger partial charge >= 0.3 is 5.69 Å². The van der Waals surface area contributed by atoms with Crippen molar-refractivity contribution >= 4 is 11.8 Å². The first kappa shape index (κ1) is 22.5. The molecule has 2 amide bonds. The Labute approximate surface area is 191 Å². The van der Waals surface area contributed by atoms with Gasteiger partial charge in [0, 0.05) is 27.1 Å². The molecule has 172 valence electrons. The maximum Gasteiger partial charge on any atom is 0.341 e. The molecular weight excluding hydrogens is 422 g/mol. The summed E-state index contributed by atoms with van der Waals surface area (Å²) in [5.41, 5.74) is 2.52. The predicted molar refractivity (Wildman–Crippen MR) is 123 cm³/mol. The topological polar surface area (TPSA) is 111 Å². The Hall–Kier alpha value is -3.72. The van der Waals surface area contributed by atoms with Gasteiger partial charge in [-0.25, -0.2) is 9.89 Å². The van der Waals surface area contributed by atoms with Crippen molar-refractivity contribution in [1.29, 1.82) is 0 Å². The molecule has 9 heteroatoms. The van der Waals surface area contributed by atoms with Gasteiger partial charge in [0.2, 0.25) is 5.82 Å². The summed E-state index contributed by atoms with van der Waals surface area (Å²) in [5.74, 6) is -0.767. The third-order valence-corrected chi connectivity index (χ3v) is 5.77. The second-order valence-electron chi connectivity index (χ2n) is 8.54. The van der Waals surface area contributed by atoms with E-state index >= 15 is 0 Å². The minimum Gasteiger partial charge on any atom is -0.361 e. The van der Waals surface area contributed by atoms with Crippen LogP contribution in [-0.2, 0) is 16.0 Å². The van der Waals surface area contributed by atoms with Gasteiger partial charge < -0.3 is 14.5 Å². The number of carbonyl (C=O) groups excluding carboxylic acids is 2. The number of rotatable bonds is 5. The van der Waals surface area contributed by atoms with Gasteiger partial charge in [-0.2, -0.15) is 0 Å². The summed E-state index contributed by atoms with van der Waals surface area (Å²) in [7, 11) is 3.33. The highest BCUT2D eigenvalue weighted by Gasteiger charge is 2.46. The van der Waals surface area contributed by atoms with E-state index in [2.05, 4.69) is 40.3 Å². The number of aryl methyl sites for hydroxylation is 1.